The summed E-state index contributed by atoms with van der Waals surface area (Å²) in [5.74, 6) is -0.0893. The van der Waals surface area contributed by atoms with E-state index in [-0.39, 0.29) is 11.8 Å². The van der Waals surface area contributed by atoms with E-state index in [9.17, 15) is 19.2 Å². The third-order valence-corrected chi connectivity index (χ3v) is 5.32. The van der Waals surface area contributed by atoms with Crippen LogP contribution >= 0.6 is 11.8 Å². The molecule has 3 N–H and O–H groups in total. The van der Waals surface area contributed by atoms with E-state index < -0.39 is 18.1 Å². The largest absolute Gasteiger partial charge is 0.467 e. The van der Waals surface area contributed by atoms with E-state index in [1.807, 2.05) is 36.6 Å². The molecule has 0 saturated heterocycles. The monoisotopic (exact) mass is 451 g/mol. The van der Waals surface area contributed by atoms with Crippen molar-refractivity contribution in [1.29, 1.82) is 0 Å². The molecule has 1 aromatic carbocycles. The zero-order chi connectivity index (χ0) is 22.9. The zero-order valence-electron chi connectivity index (χ0n) is 18.2. The number of methoxy groups -OCH3 is 1. The molecule has 0 aromatic heterocycles. The molecular weight excluding hydrogens is 418 g/mol. The van der Waals surface area contributed by atoms with Crippen molar-refractivity contribution >= 4 is 36.0 Å². The maximum Gasteiger partial charge on any atom is 0.328 e. The van der Waals surface area contributed by atoms with Gasteiger partial charge in [-0.2, -0.15) is 11.8 Å². The molecule has 0 spiro atoms. The van der Waals surface area contributed by atoms with Gasteiger partial charge in [-0.3, -0.25) is 14.4 Å². The highest BCUT2D eigenvalue weighted by Gasteiger charge is 2.21. The second-order valence-electron chi connectivity index (χ2n) is 7.05. The van der Waals surface area contributed by atoms with Crippen molar-refractivity contribution in [3.05, 3.63) is 35.9 Å². The number of amides is 3. The molecule has 0 aliphatic carbocycles. The summed E-state index contributed by atoms with van der Waals surface area (Å²) in [5, 5.41) is 8.10. The molecule has 0 saturated carbocycles. The van der Waals surface area contributed by atoms with E-state index >= 15 is 0 Å². The number of rotatable bonds is 16. The van der Waals surface area contributed by atoms with Gasteiger partial charge in [-0.25, -0.2) is 4.79 Å². The lowest BCUT2D eigenvalue weighted by atomic mass is 10.1. The molecule has 31 heavy (non-hydrogen) atoms. The topological polar surface area (TPSA) is 114 Å². The lowest BCUT2D eigenvalue weighted by molar-refractivity contribution is -0.145. The summed E-state index contributed by atoms with van der Waals surface area (Å²) in [6, 6.07) is 8.20. The Balaban J connectivity index is 2.29. The number of hydrogen-bond donors (Lipinski definition) is 3. The molecule has 9 heteroatoms. The summed E-state index contributed by atoms with van der Waals surface area (Å²) in [5.41, 5.74) is 0.939. The first kappa shape index (κ1) is 26.5. The minimum atomic E-state index is -0.720. The normalized spacial score (nSPS) is 12.3. The van der Waals surface area contributed by atoms with Crippen LogP contribution in [0.2, 0.25) is 0 Å². The van der Waals surface area contributed by atoms with Crippen molar-refractivity contribution < 1.29 is 23.9 Å². The van der Waals surface area contributed by atoms with Crippen LogP contribution in [-0.4, -0.2) is 61.9 Å². The lowest BCUT2D eigenvalue weighted by Crippen LogP contribution is -2.44. The van der Waals surface area contributed by atoms with Crippen LogP contribution in [0.25, 0.3) is 0 Å². The van der Waals surface area contributed by atoms with Crippen molar-refractivity contribution in [2.24, 2.45) is 0 Å². The highest BCUT2D eigenvalue weighted by Crippen LogP contribution is 2.06. The number of ether oxygens (including phenoxy) is 1. The number of carbonyl (C=O) groups excluding carboxylic acids is 4. The van der Waals surface area contributed by atoms with Crippen molar-refractivity contribution in [2.45, 2.75) is 50.6 Å². The van der Waals surface area contributed by atoms with Gasteiger partial charge < -0.3 is 20.7 Å². The summed E-state index contributed by atoms with van der Waals surface area (Å²) in [7, 11) is 1.30. The lowest BCUT2D eigenvalue weighted by Gasteiger charge is -2.17. The van der Waals surface area contributed by atoms with Crippen LogP contribution in [0, 0.1) is 0 Å². The first-order chi connectivity index (χ1) is 15.0. The summed E-state index contributed by atoms with van der Waals surface area (Å²) in [6.07, 6.45) is 5.85. The van der Waals surface area contributed by atoms with Gasteiger partial charge in [0.1, 0.15) is 12.1 Å². The van der Waals surface area contributed by atoms with E-state index in [4.69, 9.17) is 4.74 Å². The molecule has 0 unspecified atom stereocenters. The van der Waals surface area contributed by atoms with E-state index in [2.05, 4.69) is 16.0 Å². The highest BCUT2D eigenvalue weighted by molar-refractivity contribution is 7.98. The number of nitrogens with one attached hydrogen (secondary N) is 3. The molecule has 0 bridgehead atoms. The van der Waals surface area contributed by atoms with Gasteiger partial charge in [0, 0.05) is 19.4 Å². The predicted molar refractivity (Wildman–Crippen MR) is 122 cm³/mol. The van der Waals surface area contributed by atoms with Crippen molar-refractivity contribution in [1.82, 2.24) is 16.0 Å². The minimum Gasteiger partial charge on any atom is -0.467 e. The second kappa shape index (κ2) is 16.2. The Kier molecular flexibility index (Phi) is 13.8. The van der Waals surface area contributed by atoms with Gasteiger partial charge in [0.15, 0.2) is 0 Å². The summed E-state index contributed by atoms with van der Waals surface area (Å²) >= 11 is 1.62. The number of carbonyl (C=O) groups is 4. The number of thioether (sulfide) groups is 1. The van der Waals surface area contributed by atoms with Crippen molar-refractivity contribution in [2.75, 3.05) is 25.7 Å². The minimum absolute atomic E-state index is 0.194. The van der Waals surface area contributed by atoms with Crippen LogP contribution in [0.4, 0.5) is 0 Å². The molecule has 172 valence electrons. The number of hydrogen-bond acceptors (Lipinski definition) is 6. The highest BCUT2D eigenvalue weighted by atomic mass is 32.2. The molecule has 0 aliphatic rings. The fourth-order valence-corrected chi connectivity index (χ4v) is 3.45. The van der Waals surface area contributed by atoms with Crippen molar-refractivity contribution in [3.63, 3.8) is 0 Å². The van der Waals surface area contributed by atoms with E-state index in [0.29, 0.717) is 38.6 Å². The SMILES string of the molecule is COC(=O)[C@H](Cc1ccccc1)NC(=O)CCCCCNC(=O)[C@H](CCSC)NC=O. The Labute approximate surface area is 188 Å². The number of benzene rings is 1. The van der Waals surface area contributed by atoms with E-state index in [0.717, 1.165) is 24.2 Å². The Hall–Kier alpha value is -2.55. The van der Waals surface area contributed by atoms with Crippen LogP contribution in [0.1, 0.15) is 37.7 Å². The Morgan fingerprint density at radius 2 is 1.84 bits per heavy atom. The van der Waals surface area contributed by atoms with Gasteiger partial charge in [-0.15, -0.1) is 0 Å². The van der Waals surface area contributed by atoms with Crippen molar-refractivity contribution in [3.8, 4) is 0 Å². The molecule has 8 nitrogen and oxygen atoms in total. The molecular formula is C22H33N3O5S. The van der Waals surface area contributed by atoms with Crippen LogP contribution < -0.4 is 16.0 Å². The Morgan fingerprint density at radius 1 is 1.10 bits per heavy atom. The maximum atomic E-state index is 12.2. The third-order valence-electron chi connectivity index (χ3n) is 4.68. The molecule has 2 atom stereocenters. The summed E-state index contributed by atoms with van der Waals surface area (Å²) < 4.78 is 4.80. The molecule has 0 radical (unpaired) electrons. The van der Waals surface area contributed by atoms with Gasteiger partial charge in [0.25, 0.3) is 0 Å². The Morgan fingerprint density at radius 3 is 2.48 bits per heavy atom. The number of unbranched alkanes of at least 4 members (excludes halogenated alkanes) is 2. The fourth-order valence-electron chi connectivity index (χ4n) is 2.98. The average molecular weight is 452 g/mol. The van der Waals surface area contributed by atoms with E-state index in [1.54, 1.807) is 11.8 Å². The first-order valence-corrected chi connectivity index (χ1v) is 11.8. The molecule has 0 fully saturated rings. The van der Waals surface area contributed by atoms with Gasteiger partial charge >= 0.3 is 5.97 Å². The second-order valence-corrected chi connectivity index (χ2v) is 8.04. The predicted octanol–water partition coefficient (Wildman–Crippen LogP) is 1.43. The first-order valence-electron chi connectivity index (χ1n) is 10.4. The van der Waals surface area contributed by atoms with Gasteiger partial charge in [0.2, 0.25) is 18.2 Å². The standard InChI is InChI=1S/C22H33N3O5S/c1-30-22(29)19(15-17-9-5-3-6-10-17)25-20(27)11-7-4-8-13-23-21(28)18(24-16-26)12-14-31-2/h3,5-6,9-10,16,18-19H,4,7-8,11-15H2,1-2H3,(H,23,28)(H,24,26)(H,25,27)/t18-,19-/m0/s1. The molecule has 3 amide bonds. The van der Waals surface area contributed by atoms with Crippen LogP contribution in [0.15, 0.2) is 30.3 Å². The summed E-state index contributed by atoms with van der Waals surface area (Å²) in [6.45, 7) is 0.482. The molecule has 0 aliphatic heterocycles. The maximum absolute atomic E-state index is 12.2. The smallest absolute Gasteiger partial charge is 0.328 e. The molecule has 1 aromatic rings. The summed E-state index contributed by atoms with van der Waals surface area (Å²) in [4.78, 5) is 47.0. The average Bonchev–Trinajstić information content (AvgIpc) is 2.78. The van der Waals surface area contributed by atoms with Gasteiger partial charge in [-0.1, -0.05) is 36.8 Å². The fraction of sp³-hybridized carbons (Fsp3) is 0.545. The van der Waals surface area contributed by atoms with E-state index in [1.165, 1.54) is 7.11 Å². The Bertz CT molecular complexity index is 687. The van der Waals surface area contributed by atoms with Crippen LogP contribution in [-0.2, 0) is 30.3 Å². The van der Waals surface area contributed by atoms with Gasteiger partial charge in [0.05, 0.1) is 7.11 Å². The molecule has 0 heterocycles. The van der Waals surface area contributed by atoms with Crippen LogP contribution in [0.3, 0.4) is 0 Å². The number of esters is 1. The van der Waals surface area contributed by atoms with Gasteiger partial charge in [-0.05, 0) is 36.8 Å². The third kappa shape index (κ3) is 11.4. The zero-order valence-corrected chi connectivity index (χ0v) is 19.0. The molecule has 1 rings (SSSR count). The van der Waals surface area contributed by atoms with Crippen LogP contribution in [0.5, 0.6) is 0 Å². The quantitative estimate of drug-likeness (QED) is 0.199.